The maximum atomic E-state index is 11.7. The summed E-state index contributed by atoms with van der Waals surface area (Å²) in [6.07, 6.45) is 17.9. The number of hydrogen-bond acceptors (Lipinski definition) is 1. The Kier molecular flexibility index (Phi) is 13.0. The smallest absolute Gasteiger partial charge is 0.220 e. The first-order chi connectivity index (χ1) is 12.2. The van der Waals surface area contributed by atoms with Crippen molar-refractivity contribution in [3.63, 3.8) is 0 Å². The molecule has 2 N–H and O–H groups in total. The molecule has 25 heavy (non-hydrogen) atoms. The monoisotopic (exact) mass is 345 g/mol. The molecular weight excluding hydrogens is 306 g/mol. The van der Waals surface area contributed by atoms with Gasteiger partial charge in [-0.15, -0.1) is 0 Å². The van der Waals surface area contributed by atoms with Crippen LogP contribution < -0.4 is 5.73 Å². The van der Waals surface area contributed by atoms with E-state index in [1.807, 2.05) is 18.2 Å². The van der Waals surface area contributed by atoms with Gasteiger partial charge in [-0.25, -0.2) is 0 Å². The van der Waals surface area contributed by atoms with Crippen LogP contribution >= 0.6 is 0 Å². The highest BCUT2D eigenvalue weighted by molar-refractivity contribution is 5.76. The topological polar surface area (TPSA) is 43.1 Å². The number of rotatable bonds is 16. The van der Waals surface area contributed by atoms with E-state index in [1.165, 1.54) is 76.2 Å². The molecule has 0 saturated heterocycles. The normalized spacial score (nSPS) is 12.2. The second-order valence-electron chi connectivity index (χ2n) is 7.47. The molecule has 1 aromatic rings. The van der Waals surface area contributed by atoms with Gasteiger partial charge in [0.1, 0.15) is 0 Å². The molecule has 0 spiro atoms. The van der Waals surface area contributed by atoms with Crippen LogP contribution in [0.5, 0.6) is 0 Å². The van der Waals surface area contributed by atoms with Crippen LogP contribution in [0.2, 0.25) is 0 Å². The maximum absolute atomic E-state index is 11.7. The molecule has 0 aromatic heterocycles. The Labute approximate surface area is 155 Å². The number of unbranched alkanes of at least 4 members (excludes halogenated alkanes) is 11. The Morgan fingerprint density at radius 2 is 1.28 bits per heavy atom. The molecule has 0 radical (unpaired) electrons. The summed E-state index contributed by atoms with van der Waals surface area (Å²) >= 11 is 0. The van der Waals surface area contributed by atoms with E-state index in [9.17, 15) is 4.79 Å². The highest BCUT2D eigenvalue weighted by atomic mass is 16.1. The summed E-state index contributed by atoms with van der Waals surface area (Å²) < 4.78 is 0. The van der Waals surface area contributed by atoms with Gasteiger partial charge >= 0.3 is 0 Å². The molecule has 0 saturated carbocycles. The largest absolute Gasteiger partial charge is 0.369 e. The zero-order valence-electron chi connectivity index (χ0n) is 16.3. The van der Waals surface area contributed by atoms with Gasteiger partial charge < -0.3 is 5.73 Å². The fourth-order valence-corrected chi connectivity index (χ4v) is 3.48. The highest BCUT2D eigenvalue weighted by Gasteiger charge is 2.15. The van der Waals surface area contributed by atoms with Gasteiger partial charge in [-0.2, -0.15) is 0 Å². The van der Waals surface area contributed by atoms with Gasteiger partial charge in [0.2, 0.25) is 5.91 Å². The van der Waals surface area contributed by atoms with E-state index in [0.717, 1.165) is 19.3 Å². The average Bonchev–Trinajstić information content (AvgIpc) is 2.62. The summed E-state index contributed by atoms with van der Waals surface area (Å²) in [6.45, 7) is 2.27. The van der Waals surface area contributed by atoms with Crippen LogP contribution in [0.25, 0.3) is 0 Å². The van der Waals surface area contributed by atoms with Crippen LogP contribution in [0.4, 0.5) is 0 Å². The summed E-state index contributed by atoms with van der Waals surface area (Å²) in [5.41, 5.74) is 6.80. The minimum atomic E-state index is -0.146. The molecule has 2 heteroatoms. The summed E-state index contributed by atoms with van der Waals surface area (Å²) in [5, 5.41) is 0. The molecule has 1 unspecified atom stereocenters. The predicted octanol–water partition coefficient (Wildman–Crippen LogP) is 6.42. The SMILES string of the molecule is CCCCCCCCCCCCCCC(Cc1ccccc1)C(N)=O. The number of primary amides is 1. The standard InChI is InChI=1S/C23H39NO/c1-2-3-4-5-6-7-8-9-10-11-12-16-19-22(23(24)25)20-21-17-14-13-15-18-21/h13-15,17-18,22H,2-12,16,19-20H2,1H3,(H2,24,25). The number of nitrogens with two attached hydrogens (primary N) is 1. The van der Waals surface area contributed by atoms with Gasteiger partial charge in [0, 0.05) is 5.92 Å². The van der Waals surface area contributed by atoms with Gasteiger partial charge in [-0.3, -0.25) is 4.79 Å². The summed E-state index contributed by atoms with van der Waals surface area (Å²) in [5.74, 6) is -0.155. The number of amides is 1. The lowest BCUT2D eigenvalue weighted by atomic mass is 9.93. The van der Waals surface area contributed by atoms with Crippen molar-refractivity contribution >= 4 is 5.91 Å². The Morgan fingerprint density at radius 3 is 1.76 bits per heavy atom. The molecule has 1 rings (SSSR count). The van der Waals surface area contributed by atoms with Crippen molar-refractivity contribution < 1.29 is 4.79 Å². The van der Waals surface area contributed by atoms with Crippen LogP contribution in [0.3, 0.4) is 0 Å². The molecule has 0 aliphatic rings. The van der Waals surface area contributed by atoms with Gasteiger partial charge in [0.25, 0.3) is 0 Å². The molecular formula is C23H39NO. The first-order valence-electron chi connectivity index (χ1n) is 10.6. The van der Waals surface area contributed by atoms with E-state index in [-0.39, 0.29) is 11.8 Å². The highest BCUT2D eigenvalue weighted by Crippen LogP contribution is 2.17. The summed E-state index contributed by atoms with van der Waals surface area (Å²) in [7, 11) is 0. The molecule has 0 bridgehead atoms. The molecule has 0 heterocycles. The van der Waals surface area contributed by atoms with E-state index >= 15 is 0 Å². The van der Waals surface area contributed by atoms with E-state index < -0.39 is 0 Å². The van der Waals surface area contributed by atoms with E-state index in [0.29, 0.717) is 0 Å². The molecule has 142 valence electrons. The number of carbonyl (C=O) groups excluding carboxylic acids is 1. The molecule has 2 nitrogen and oxygen atoms in total. The predicted molar refractivity (Wildman–Crippen MR) is 109 cm³/mol. The molecule has 0 aliphatic heterocycles. The van der Waals surface area contributed by atoms with Crippen molar-refractivity contribution in [2.75, 3.05) is 0 Å². The third kappa shape index (κ3) is 11.8. The van der Waals surface area contributed by atoms with Crippen molar-refractivity contribution in [1.29, 1.82) is 0 Å². The summed E-state index contributed by atoms with van der Waals surface area (Å²) in [6, 6.07) is 10.2. The Balaban J connectivity index is 1.99. The molecule has 0 aliphatic carbocycles. The van der Waals surface area contributed by atoms with Crippen LogP contribution in [0.15, 0.2) is 30.3 Å². The van der Waals surface area contributed by atoms with Crippen molar-refractivity contribution in [2.24, 2.45) is 11.7 Å². The number of hydrogen-bond donors (Lipinski definition) is 1. The van der Waals surface area contributed by atoms with Crippen molar-refractivity contribution in [2.45, 2.75) is 96.8 Å². The van der Waals surface area contributed by atoms with Gasteiger partial charge in [-0.05, 0) is 18.4 Å². The molecule has 1 atom stereocenters. The van der Waals surface area contributed by atoms with Gasteiger partial charge in [0.05, 0.1) is 0 Å². The average molecular weight is 346 g/mol. The Hall–Kier alpha value is -1.31. The van der Waals surface area contributed by atoms with Crippen molar-refractivity contribution in [3.05, 3.63) is 35.9 Å². The zero-order chi connectivity index (χ0) is 18.2. The second-order valence-corrected chi connectivity index (χ2v) is 7.47. The van der Waals surface area contributed by atoms with Crippen molar-refractivity contribution in [3.8, 4) is 0 Å². The van der Waals surface area contributed by atoms with E-state index in [1.54, 1.807) is 0 Å². The molecule has 0 fully saturated rings. The lowest BCUT2D eigenvalue weighted by molar-refractivity contribution is -0.122. The maximum Gasteiger partial charge on any atom is 0.220 e. The van der Waals surface area contributed by atoms with Crippen LogP contribution in [0.1, 0.15) is 96.0 Å². The van der Waals surface area contributed by atoms with E-state index in [2.05, 4.69) is 19.1 Å². The number of benzene rings is 1. The fraction of sp³-hybridized carbons (Fsp3) is 0.696. The molecule has 1 aromatic carbocycles. The lowest BCUT2D eigenvalue weighted by Crippen LogP contribution is -2.25. The first-order valence-corrected chi connectivity index (χ1v) is 10.6. The minimum absolute atomic E-state index is 0.00878. The minimum Gasteiger partial charge on any atom is -0.369 e. The zero-order valence-corrected chi connectivity index (χ0v) is 16.3. The summed E-state index contributed by atoms with van der Waals surface area (Å²) in [4.78, 5) is 11.7. The Bertz CT molecular complexity index is 429. The fourth-order valence-electron chi connectivity index (χ4n) is 3.48. The van der Waals surface area contributed by atoms with Gasteiger partial charge in [0.15, 0.2) is 0 Å². The van der Waals surface area contributed by atoms with Crippen LogP contribution in [-0.2, 0) is 11.2 Å². The Morgan fingerprint density at radius 1 is 0.800 bits per heavy atom. The van der Waals surface area contributed by atoms with Crippen molar-refractivity contribution in [1.82, 2.24) is 0 Å². The third-order valence-corrected chi connectivity index (χ3v) is 5.13. The number of carbonyl (C=O) groups is 1. The van der Waals surface area contributed by atoms with Gasteiger partial charge in [-0.1, -0.05) is 114 Å². The third-order valence-electron chi connectivity index (χ3n) is 5.13. The second kappa shape index (κ2) is 15.0. The lowest BCUT2D eigenvalue weighted by Gasteiger charge is -2.13. The molecule has 1 amide bonds. The van der Waals surface area contributed by atoms with E-state index in [4.69, 9.17) is 5.73 Å². The van der Waals surface area contributed by atoms with Crippen LogP contribution in [-0.4, -0.2) is 5.91 Å². The van der Waals surface area contributed by atoms with Crippen LogP contribution in [0, 0.1) is 5.92 Å². The quantitative estimate of drug-likeness (QED) is 0.345. The first kappa shape index (κ1) is 21.7.